The highest BCUT2D eigenvalue weighted by Crippen LogP contribution is 2.39. The third-order valence-electron chi connectivity index (χ3n) is 6.71. The monoisotopic (exact) mass is 481 g/mol. The van der Waals surface area contributed by atoms with E-state index in [4.69, 9.17) is 24.7 Å². The van der Waals surface area contributed by atoms with E-state index in [9.17, 15) is 4.79 Å². The number of aromatic nitrogens is 2. The summed E-state index contributed by atoms with van der Waals surface area (Å²) in [4.78, 5) is 21.1. The average molecular weight is 481 g/mol. The Morgan fingerprint density at radius 1 is 1.23 bits per heavy atom. The van der Waals surface area contributed by atoms with E-state index >= 15 is 4.39 Å². The van der Waals surface area contributed by atoms with Gasteiger partial charge in [-0.05, 0) is 36.4 Å². The maximum atomic E-state index is 15.3. The smallest absolute Gasteiger partial charge is 0.413 e. The normalized spacial score (nSPS) is 22.7. The number of benzene rings is 1. The molecule has 5 heterocycles. The quantitative estimate of drug-likeness (QED) is 0.482. The molecule has 3 aromatic rings. The number of nitrogen functional groups attached to an aromatic ring is 1. The highest BCUT2D eigenvalue weighted by atomic mass is 19.1. The van der Waals surface area contributed by atoms with Crippen LogP contribution in [0.25, 0.3) is 21.9 Å². The van der Waals surface area contributed by atoms with E-state index in [0.717, 1.165) is 17.7 Å². The lowest BCUT2D eigenvalue weighted by Gasteiger charge is -2.22. The minimum atomic E-state index is -0.644. The molecule has 2 aromatic heterocycles. The number of nitrogens with one attached hydrogen (secondary N) is 2. The molecule has 0 aliphatic carbocycles. The van der Waals surface area contributed by atoms with Crippen molar-refractivity contribution >= 4 is 34.1 Å². The summed E-state index contributed by atoms with van der Waals surface area (Å²) < 4.78 is 37.4. The van der Waals surface area contributed by atoms with Crippen LogP contribution in [0.1, 0.15) is 12.0 Å². The van der Waals surface area contributed by atoms with Crippen LogP contribution in [0.5, 0.6) is 5.88 Å². The van der Waals surface area contributed by atoms with Gasteiger partial charge in [-0.15, -0.1) is 0 Å². The first-order valence-corrected chi connectivity index (χ1v) is 11.4. The van der Waals surface area contributed by atoms with Crippen LogP contribution < -0.4 is 21.1 Å². The van der Waals surface area contributed by atoms with Gasteiger partial charge in [-0.2, -0.15) is 0 Å². The van der Waals surface area contributed by atoms with Gasteiger partial charge in [-0.3, -0.25) is 5.32 Å². The van der Waals surface area contributed by atoms with E-state index in [0.29, 0.717) is 54.1 Å². The predicted octanol–water partition coefficient (Wildman–Crippen LogP) is 3.44. The van der Waals surface area contributed by atoms with Gasteiger partial charge in [0.05, 0.1) is 24.8 Å². The molecule has 182 valence electrons. The van der Waals surface area contributed by atoms with Crippen LogP contribution in [0.3, 0.4) is 0 Å². The number of pyridine rings is 2. The summed E-state index contributed by atoms with van der Waals surface area (Å²) in [6, 6.07) is 3.30. The van der Waals surface area contributed by atoms with E-state index in [2.05, 4.69) is 20.6 Å². The van der Waals surface area contributed by atoms with Crippen LogP contribution in [-0.4, -0.2) is 54.8 Å². The van der Waals surface area contributed by atoms with Crippen LogP contribution in [0.4, 0.5) is 26.4 Å². The highest BCUT2D eigenvalue weighted by molar-refractivity contribution is 5.99. The fourth-order valence-corrected chi connectivity index (χ4v) is 4.87. The number of rotatable bonds is 3. The number of hydrogen-bond acceptors (Lipinski definition) is 9. The number of hydrogen-bond donors (Lipinski definition) is 3. The Morgan fingerprint density at radius 3 is 3.00 bits per heavy atom. The van der Waals surface area contributed by atoms with E-state index < -0.39 is 11.9 Å². The lowest BCUT2D eigenvalue weighted by atomic mass is 9.97. The van der Waals surface area contributed by atoms with Crippen LogP contribution in [-0.2, 0) is 14.2 Å². The summed E-state index contributed by atoms with van der Waals surface area (Å²) in [6.07, 6.45) is 2.45. The molecule has 0 radical (unpaired) electrons. The molecule has 3 unspecified atom stereocenters. The molecular formula is C24H24FN5O5. The van der Waals surface area contributed by atoms with Crippen LogP contribution >= 0.6 is 0 Å². The molecule has 35 heavy (non-hydrogen) atoms. The van der Waals surface area contributed by atoms with Gasteiger partial charge in [0, 0.05) is 35.5 Å². The van der Waals surface area contributed by atoms with Crippen molar-refractivity contribution in [2.24, 2.45) is 5.92 Å². The third-order valence-corrected chi connectivity index (χ3v) is 6.71. The molecule has 3 atom stereocenters. The minimum absolute atomic E-state index is 0.0315. The molecule has 0 spiro atoms. The van der Waals surface area contributed by atoms with Crippen LogP contribution in [0.15, 0.2) is 24.5 Å². The maximum absolute atomic E-state index is 15.3. The van der Waals surface area contributed by atoms with Gasteiger partial charge < -0.3 is 30.0 Å². The van der Waals surface area contributed by atoms with Gasteiger partial charge >= 0.3 is 6.09 Å². The van der Waals surface area contributed by atoms with E-state index in [1.807, 2.05) is 6.92 Å². The number of amides is 1. The minimum Gasteiger partial charge on any atom is -0.474 e. The average Bonchev–Trinajstić information content (AvgIpc) is 3.47. The van der Waals surface area contributed by atoms with Gasteiger partial charge in [0.15, 0.2) is 12.1 Å². The number of anilines is 3. The van der Waals surface area contributed by atoms with Crippen molar-refractivity contribution in [3.05, 3.63) is 35.9 Å². The van der Waals surface area contributed by atoms with E-state index in [1.165, 1.54) is 6.20 Å². The first-order valence-electron chi connectivity index (χ1n) is 11.4. The molecule has 4 N–H and O–H groups in total. The topological polar surface area (TPSA) is 130 Å². The predicted molar refractivity (Wildman–Crippen MR) is 126 cm³/mol. The molecule has 3 aliphatic rings. The molecule has 10 nitrogen and oxygen atoms in total. The largest absolute Gasteiger partial charge is 0.474 e. The van der Waals surface area contributed by atoms with Crippen molar-refractivity contribution in [3.8, 4) is 17.0 Å². The number of halogens is 1. The molecule has 6 rings (SSSR count). The summed E-state index contributed by atoms with van der Waals surface area (Å²) in [5.41, 5.74) is 8.53. The van der Waals surface area contributed by atoms with Gasteiger partial charge in [-0.1, -0.05) is 0 Å². The molecule has 1 amide bonds. The molecular weight excluding hydrogens is 457 g/mol. The summed E-state index contributed by atoms with van der Waals surface area (Å²) >= 11 is 0. The molecule has 0 saturated carbocycles. The second kappa shape index (κ2) is 8.51. The Kier molecular flexibility index (Phi) is 5.30. The van der Waals surface area contributed by atoms with Crippen molar-refractivity contribution in [1.29, 1.82) is 0 Å². The van der Waals surface area contributed by atoms with E-state index in [1.54, 1.807) is 18.3 Å². The lowest BCUT2D eigenvalue weighted by Crippen LogP contribution is -2.28. The number of fused-ring (bicyclic) bond motifs is 3. The molecule has 1 aromatic carbocycles. The zero-order valence-electron chi connectivity index (χ0n) is 19.0. The van der Waals surface area contributed by atoms with Gasteiger partial charge in [0.2, 0.25) is 5.88 Å². The Bertz CT molecular complexity index is 1340. The lowest BCUT2D eigenvalue weighted by molar-refractivity contribution is -0.0907. The van der Waals surface area contributed by atoms with Crippen molar-refractivity contribution in [2.45, 2.75) is 25.7 Å². The number of carbonyl (C=O) groups excluding carboxylic acids is 1. The first-order chi connectivity index (χ1) is 17.0. The Balaban J connectivity index is 1.29. The zero-order valence-corrected chi connectivity index (χ0v) is 19.0. The second-order valence-corrected chi connectivity index (χ2v) is 8.79. The van der Waals surface area contributed by atoms with Gasteiger partial charge in [0.1, 0.15) is 24.2 Å². The summed E-state index contributed by atoms with van der Waals surface area (Å²) in [5.74, 6) is 0.219. The van der Waals surface area contributed by atoms with Crippen LogP contribution in [0.2, 0.25) is 0 Å². The Labute approximate surface area is 199 Å². The van der Waals surface area contributed by atoms with Crippen molar-refractivity contribution in [2.75, 3.05) is 42.7 Å². The van der Waals surface area contributed by atoms with Crippen molar-refractivity contribution in [1.82, 2.24) is 9.97 Å². The number of ether oxygens (including phenoxy) is 4. The Hall–Kier alpha value is -3.70. The molecule has 3 aliphatic heterocycles. The van der Waals surface area contributed by atoms with Crippen LogP contribution in [0, 0.1) is 18.7 Å². The van der Waals surface area contributed by atoms with Gasteiger partial charge in [0.25, 0.3) is 0 Å². The molecule has 11 heteroatoms. The third kappa shape index (κ3) is 3.76. The van der Waals surface area contributed by atoms with Crippen molar-refractivity contribution in [3.63, 3.8) is 0 Å². The summed E-state index contributed by atoms with van der Waals surface area (Å²) in [6.45, 7) is 3.91. The maximum Gasteiger partial charge on any atom is 0.413 e. The summed E-state index contributed by atoms with van der Waals surface area (Å²) in [5, 5.41) is 6.95. The Morgan fingerprint density at radius 2 is 2.11 bits per heavy atom. The second-order valence-electron chi connectivity index (χ2n) is 8.79. The molecule has 2 fully saturated rings. The van der Waals surface area contributed by atoms with Crippen molar-refractivity contribution < 1.29 is 28.1 Å². The van der Waals surface area contributed by atoms with Gasteiger partial charge in [-0.25, -0.2) is 19.2 Å². The molecule has 2 saturated heterocycles. The fourth-order valence-electron chi connectivity index (χ4n) is 4.87. The highest BCUT2D eigenvalue weighted by Gasteiger charge is 2.43. The first kappa shape index (κ1) is 21.8. The zero-order chi connectivity index (χ0) is 24.1. The SMILES string of the molecule is Cc1c(-c2cc3cc(NC(=O)OC4COC5OCCC45)ncc3c(N)c2F)cnc2c1NCCO2. The fraction of sp³-hybridized carbons (Fsp3) is 0.375. The van der Waals surface area contributed by atoms with E-state index in [-0.39, 0.29) is 29.8 Å². The summed E-state index contributed by atoms with van der Waals surface area (Å²) in [7, 11) is 0. The standard InChI is InChI=1S/C24H24FN5O5/c1-11-15(8-29-22-21(11)27-3-5-32-22)14-6-12-7-18(28-9-16(12)20(26)19(14)25)30-24(31)35-17-10-34-23-13(17)2-4-33-23/h6-9,13,17,23,27H,2-5,10,26H2,1H3,(H,28,30,31). The number of nitrogens with two attached hydrogens (primary N) is 1. The number of nitrogens with zero attached hydrogens (tertiary/aromatic N) is 2. The number of carbonyl (C=O) groups is 1. The molecule has 0 bridgehead atoms.